The van der Waals surface area contributed by atoms with Gasteiger partial charge in [-0.2, -0.15) is 5.26 Å². The largest absolute Gasteiger partial charge is 0.373 e. The number of morpholine rings is 1. The topological polar surface area (TPSA) is 98.6 Å². The molecule has 8 nitrogen and oxygen atoms in total. The van der Waals surface area contributed by atoms with Gasteiger partial charge in [-0.15, -0.1) is 0 Å². The number of amides is 2. The first-order valence-electron chi connectivity index (χ1n) is 13.7. The van der Waals surface area contributed by atoms with Crippen LogP contribution in [0.15, 0.2) is 48.8 Å². The molecule has 3 aliphatic rings. The van der Waals surface area contributed by atoms with Crippen molar-refractivity contribution in [1.82, 2.24) is 15.2 Å². The van der Waals surface area contributed by atoms with Gasteiger partial charge in [-0.25, -0.2) is 0 Å². The molecule has 1 aliphatic carbocycles. The molecule has 3 heterocycles. The number of hydrogen-bond donors (Lipinski definition) is 1. The lowest BCUT2D eigenvalue weighted by Crippen LogP contribution is -2.60. The third-order valence-corrected chi connectivity index (χ3v) is 8.23. The molecule has 2 aromatic rings. The van der Waals surface area contributed by atoms with E-state index in [1.807, 2.05) is 30.3 Å². The normalized spacial score (nSPS) is 24.1. The molecule has 8 heteroatoms. The molecule has 0 radical (unpaired) electrons. The average molecular weight is 516 g/mol. The van der Waals surface area contributed by atoms with E-state index in [1.54, 1.807) is 28.3 Å². The summed E-state index contributed by atoms with van der Waals surface area (Å²) in [6.45, 7) is 6.92. The van der Waals surface area contributed by atoms with Crippen molar-refractivity contribution in [2.45, 2.75) is 88.4 Å². The zero-order chi connectivity index (χ0) is 26.9. The summed E-state index contributed by atoms with van der Waals surface area (Å²) in [5, 5.41) is 13.2. The van der Waals surface area contributed by atoms with E-state index in [0.29, 0.717) is 24.2 Å². The highest BCUT2D eigenvalue weighted by Gasteiger charge is 2.59. The predicted octanol–water partition coefficient (Wildman–Crippen LogP) is 4.23. The smallest absolute Gasteiger partial charge is 0.257 e. The van der Waals surface area contributed by atoms with Crippen molar-refractivity contribution in [1.29, 1.82) is 5.26 Å². The fraction of sp³-hybridized carbons (Fsp3) is 0.533. The number of carbonyl (C=O) groups is 2. The summed E-state index contributed by atoms with van der Waals surface area (Å²) in [7, 11) is 0. The van der Waals surface area contributed by atoms with E-state index in [0.717, 1.165) is 31.2 Å². The minimum Gasteiger partial charge on any atom is -0.373 e. The van der Waals surface area contributed by atoms with Gasteiger partial charge < -0.3 is 10.1 Å². The Balaban J connectivity index is 1.60. The lowest BCUT2D eigenvalue weighted by molar-refractivity contribution is -0.133. The summed E-state index contributed by atoms with van der Waals surface area (Å²) in [6.07, 6.45) is 11.0. The Morgan fingerprint density at radius 3 is 2.53 bits per heavy atom. The highest BCUT2D eigenvalue weighted by molar-refractivity contribution is 6.06. The third kappa shape index (κ3) is 4.88. The van der Waals surface area contributed by atoms with E-state index in [2.05, 4.69) is 37.3 Å². The molecule has 38 heavy (non-hydrogen) atoms. The Morgan fingerprint density at radius 1 is 1.18 bits per heavy atom. The second-order valence-electron chi connectivity index (χ2n) is 11.9. The highest BCUT2D eigenvalue weighted by atomic mass is 16.5. The van der Waals surface area contributed by atoms with Crippen LogP contribution in [0.4, 0.5) is 5.69 Å². The number of fused-ring (bicyclic) bond motifs is 2. The molecule has 1 aromatic carbocycles. The number of ether oxygens (including phenoxy) is 1. The zero-order valence-corrected chi connectivity index (χ0v) is 22.5. The van der Waals surface area contributed by atoms with Crippen LogP contribution < -0.4 is 10.2 Å². The summed E-state index contributed by atoms with van der Waals surface area (Å²) in [5.41, 5.74) is 1.16. The van der Waals surface area contributed by atoms with Gasteiger partial charge in [0.1, 0.15) is 6.04 Å². The molecule has 1 aromatic heterocycles. The molecule has 1 N–H and O–H groups in total. The van der Waals surface area contributed by atoms with Gasteiger partial charge in [0.2, 0.25) is 5.91 Å². The number of hydrogen-bond acceptors (Lipinski definition) is 6. The molecule has 200 valence electrons. The van der Waals surface area contributed by atoms with Crippen molar-refractivity contribution in [3.05, 3.63) is 59.9 Å². The lowest BCUT2D eigenvalue weighted by atomic mass is 9.86. The van der Waals surface area contributed by atoms with Crippen LogP contribution in [0.2, 0.25) is 0 Å². The molecular weight excluding hydrogens is 478 g/mol. The number of aromatic nitrogens is 1. The van der Waals surface area contributed by atoms with Crippen molar-refractivity contribution < 1.29 is 14.3 Å². The average Bonchev–Trinajstić information content (AvgIpc) is 3.52. The van der Waals surface area contributed by atoms with Crippen LogP contribution in [-0.2, 0) is 19.7 Å². The molecule has 0 spiro atoms. The van der Waals surface area contributed by atoms with Crippen LogP contribution in [0.3, 0.4) is 0 Å². The fourth-order valence-corrected chi connectivity index (χ4v) is 6.05. The molecule has 2 amide bonds. The molecule has 1 saturated carbocycles. The van der Waals surface area contributed by atoms with Crippen LogP contribution in [0.1, 0.15) is 76.5 Å². The molecular formula is C30H37N5O3. The van der Waals surface area contributed by atoms with Crippen molar-refractivity contribution in [2.24, 2.45) is 0 Å². The molecule has 2 aliphatic heterocycles. The summed E-state index contributed by atoms with van der Waals surface area (Å²) in [5.74, 6) is -0.526. The standard InChI is InChI=1S/C30H37N5O3/c1-29(2,3)22-11-13-24(14-12-22)35(28(37)30-16-25(38-19-30)18-34(30)20-31)26(21-8-7-15-32-17-21)27(36)33-23-9-5-4-6-10-23/h7-8,11-15,17,23,25-26H,4-6,9-10,16,18-19H2,1-3H3,(H,33,36). The minimum absolute atomic E-state index is 0.0667. The second kappa shape index (κ2) is 10.4. The molecule has 5 rings (SSSR count). The molecule has 2 saturated heterocycles. The Bertz CT molecular complexity index is 1200. The Labute approximate surface area is 225 Å². The van der Waals surface area contributed by atoms with Gasteiger partial charge in [-0.1, -0.05) is 58.2 Å². The molecule has 3 unspecified atom stereocenters. The van der Waals surface area contributed by atoms with Crippen LogP contribution in [0.5, 0.6) is 0 Å². The van der Waals surface area contributed by atoms with Crippen molar-refractivity contribution >= 4 is 17.5 Å². The zero-order valence-electron chi connectivity index (χ0n) is 22.5. The van der Waals surface area contributed by atoms with Gasteiger partial charge in [0.15, 0.2) is 11.7 Å². The summed E-state index contributed by atoms with van der Waals surface area (Å²) >= 11 is 0. The first-order valence-corrected chi connectivity index (χ1v) is 13.7. The van der Waals surface area contributed by atoms with E-state index >= 15 is 0 Å². The van der Waals surface area contributed by atoms with Gasteiger partial charge in [0, 0.05) is 36.1 Å². The number of nitrogens with one attached hydrogen (secondary N) is 1. The van der Waals surface area contributed by atoms with Crippen molar-refractivity contribution in [3.8, 4) is 6.19 Å². The number of nitrogens with zero attached hydrogens (tertiary/aromatic N) is 4. The number of benzene rings is 1. The maximum absolute atomic E-state index is 14.6. The first-order chi connectivity index (χ1) is 18.2. The Kier molecular flexibility index (Phi) is 7.15. The number of likely N-dealkylation sites (tertiary alicyclic amines) is 1. The van der Waals surface area contributed by atoms with Gasteiger partial charge >= 0.3 is 0 Å². The second-order valence-corrected chi connectivity index (χ2v) is 11.9. The maximum Gasteiger partial charge on any atom is 0.257 e. The number of nitriles is 1. The number of anilines is 1. The summed E-state index contributed by atoms with van der Waals surface area (Å²) in [6, 6.07) is 10.6. The number of carbonyl (C=O) groups excluding carboxylic acids is 2. The van der Waals surface area contributed by atoms with Crippen molar-refractivity contribution in [2.75, 3.05) is 18.1 Å². The predicted molar refractivity (Wildman–Crippen MR) is 144 cm³/mol. The summed E-state index contributed by atoms with van der Waals surface area (Å²) < 4.78 is 5.87. The van der Waals surface area contributed by atoms with Gasteiger partial charge in [0.25, 0.3) is 5.91 Å². The molecule has 3 fully saturated rings. The third-order valence-electron chi connectivity index (χ3n) is 8.23. The minimum atomic E-state index is -1.13. The Morgan fingerprint density at radius 2 is 1.92 bits per heavy atom. The van der Waals surface area contributed by atoms with E-state index in [4.69, 9.17) is 4.74 Å². The number of rotatable bonds is 6. The van der Waals surface area contributed by atoms with Crippen LogP contribution >= 0.6 is 0 Å². The lowest BCUT2D eigenvalue weighted by Gasteiger charge is -2.40. The van der Waals surface area contributed by atoms with Crippen LogP contribution in [0.25, 0.3) is 0 Å². The highest BCUT2D eigenvalue weighted by Crippen LogP contribution is 2.42. The first kappa shape index (κ1) is 26.2. The SMILES string of the molecule is CC(C)(C)c1ccc(N(C(=O)C23COC(CN2C#N)C3)C(C(=O)NC2CCCCC2)c2cccnc2)cc1. The quantitative estimate of drug-likeness (QED) is 0.578. The van der Waals surface area contributed by atoms with Crippen LogP contribution in [-0.4, -0.2) is 52.5 Å². The maximum atomic E-state index is 14.6. The van der Waals surface area contributed by atoms with Gasteiger partial charge in [0.05, 0.1) is 19.3 Å². The monoisotopic (exact) mass is 515 g/mol. The summed E-state index contributed by atoms with van der Waals surface area (Å²) in [4.78, 5) is 36.1. The van der Waals surface area contributed by atoms with E-state index in [-0.39, 0.29) is 36.0 Å². The number of pyridine rings is 1. The van der Waals surface area contributed by atoms with Gasteiger partial charge in [-0.3, -0.25) is 24.4 Å². The fourth-order valence-electron chi connectivity index (χ4n) is 6.05. The molecule has 3 atom stereocenters. The van der Waals surface area contributed by atoms with E-state index in [1.165, 1.54) is 6.42 Å². The van der Waals surface area contributed by atoms with Crippen LogP contribution in [0, 0.1) is 11.5 Å². The Hall–Kier alpha value is -3.44. The van der Waals surface area contributed by atoms with Crippen molar-refractivity contribution in [3.63, 3.8) is 0 Å². The van der Waals surface area contributed by atoms with E-state index in [9.17, 15) is 14.9 Å². The van der Waals surface area contributed by atoms with E-state index < -0.39 is 11.6 Å². The van der Waals surface area contributed by atoms with Gasteiger partial charge in [-0.05, 0) is 42.0 Å². The molecule has 2 bridgehead atoms.